The second-order valence-electron chi connectivity index (χ2n) is 6.07. The minimum atomic E-state index is 0. The Morgan fingerprint density at radius 2 is 1.62 bits per heavy atom. The molecule has 2 aromatic carbocycles. The Kier molecular flexibility index (Phi) is 14.5. The maximum atomic E-state index is 3.29. The van der Waals surface area contributed by atoms with E-state index >= 15 is 0 Å². The Morgan fingerprint density at radius 1 is 1.08 bits per heavy atom. The van der Waals surface area contributed by atoms with E-state index in [1.807, 2.05) is 0 Å². The van der Waals surface area contributed by atoms with Gasteiger partial charge in [-0.05, 0) is 0 Å². The minimum Gasteiger partial charge on any atom is -1.00 e. The maximum absolute atomic E-state index is 3.29. The first kappa shape index (κ1) is 26.2. The minimum absolute atomic E-state index is 0. The van der Waals surface area contributed by atoms with Crippen LogP contribution in [-0.2, 0) is 23.3 Å². The molecule has 0 N–H and O–H groups in total. The molecule has 24 heavy (non-hydrogen) atoms. The van der Waals surface area contributed by atoms with Crippen LogP contribution in [0.25, 0.3) is 10.8 Å². The summed E-state index contributed by atoms with van der Waals surface area (Å²) in [4.78, 5) is 0. The molecule has 0 nitrogen and oxygen atoms in total. The topological polar surface area (TPSA) is 0 Å². The normalized spacial score (nSPS) is 14.8. The SMILES string of the molecule is CC1=[C-]C(C)C=C1C.C[Si](C)=[Zr+2].Cc1cc2ccccc2[cH-]1.[Cl-].[Cl-]. The monoisotopic (exact) mass is 454 g/mol. The van der Waals surface area contributed by atoms with Crippen LogP contribution >= 0.6 is 0 Å². The molecule has 1 aliphatic carbocycles. The molecule has 1 atom stereocenters. The Labute approximate surface area is 175 Å². The summed E-state index contributed by atoms with van der Waals surface area (Å²) in [6.45, 7) is 13.1. The van der Waals surface area contributed by atoms with Crippen LogP contribution in [0.3, 0.4) is 0 Å². The fourth-order valence-electron chi connectivity index (χ4n) is 2.30. The van der Waals surface area contributed by atoms with Crippen molar-refractivity contribution in [2.75, 3.05) is 0 Å². The van der Waals surface area contributed by atoms with Crippen LogP contribution in [0.1, 0.15) is 26.3 Å². The molecule has 0 heterocycles. The van der Waals surface area contributed by atoms with Crippen molar-refractivity contribution in [3.8, 4) is 0 Å². The van der Waals surface area contributed by atoms with Crippen LogP contribution in [0.2, 0.25) is 13.1 Å². The molecule has 0 saturated carbocycles. The zero-order valence-corrected chi connectivity index (χ0v) is 20.3. The van der Waals surface area contributed by atoms with Gasteiger partial charge in [-0.15, -0.1) is 47.5 Å². The predicted octanol–water partition coefficient (Wildman–Crippen LogP) is -0.00869. The van der Waals surface area contributed by atoms with Gasteiger partial charge in [-0.25, -0.2) is 11.1 Å². The first-order valence-corrected chi connectivity index (χ1v) is 13.9. The van der Waals surface area contributed by atoms with E-state index in [-0.39, 0.29) is 30.2 Å². The first-order chi connectivity index (χ1) is 10.3. The van der Waals surface area contributed by atoms with E-state index < -0.39 is 0 Å². The molecule has 0 bridgehead atoms. The molecule has 130 valence electrons. The van der Waals surface area contributed by atoms with Gasteiger partial charge < -0.3 is 24.8 Å². The van der Waals surface area contributed by atoms with Gasteiger partial charge >= 0.3 is 41.9 Å². The van der Waals surface area contributed by atoms with E-state index in [9.17, 15) is 0 Å². The molecule has 0 aliphatic heterocycles. The molecule has 0 aromatic heterocycles. The predicted molar refractivity (Wildman–Crippen MR) is 97.1 cm³/mol. The summed E-state index contributed by atoms with van der Waals surface area (Å²) in [7, 11) is 0. The summed E-state index contributed by atoms with van der Waals surface area (Å²) in [5, 5.41) is 2.69. The summed E-state index contributed by atoms with van der Waals surface area (Å²) in [5.74, 6) is 0.551. The largest absolute Gasteiger partial charge is 1.00 e. The summed E-state index contributed by atoms with van der Waals surface area (Å²) < 4.78 is 0. The first-order valence-electron chi connectivity index (χ1n) is 7.72. The van der Waals surface area contributed by atoms with Gasteiger partial charge in [0.05, 0.1) is 0 Å². The smallest absolute Gasteiger partial charge is 0.0579 e. The van der Waals surface area contributed by atoms with Gasteiger partial charge in [-0.2, -0.15) is 12.1 Å². The number of fused-ring (bicyclic) bond motifs is 1. The molecule has 1 unspecified atom stereocenters. The van der Waals surface area contributed by atoms with Gasteiger partial charge in [0.15, 0.2) is 0 Å². The Morgan fingerprint density at radius 3 is 2.00 bits per heavy atom. The average molecular weight is 457 g/mol. The number of halogens is 2. The van der Waals surface area contributed by atoms with Gasteiger partial charge in [0.25, 0.3) is 0 Å². The van der Waals surface area contributed by atoms with Crippen LogP contribution in [0.15, 0.2) is 53.6 Å². The number of rotatable bonds is 0. The molecule has 2 aromatic rings. The van der Waals surface area contributed by atoms with E-state index in [1.54, 1.807) is 23.3 Å². The van der Waals surface area contributed by atoms with Crippen molar-refractivity contribution in [1.29, 1.82) is 0 Å². The molecule has 0 radical (unpaired) electrons. The molecule has 0 amide bonds. The van der Waals surface area contributed by atoms with Gasteiger partial charge in [-0.3, -0.25) is 6.08 Å². The van der Waals surface area contributed by atoms with E-state index in [0.29, 0.717) is 5.92 Å². The van der Waals surface area contributed by atoms with Crippen LogP contribution in [0, 0.1) is 18.9 Å². The fourth-order valence-corrected chi connectivity index (χ4v) is 2.30. The summed E-state index contributed by atoms with van der Waals surface area (Å²) in [6.07, 6.45) is 5.52. The Hall–Kier alpha value is -0.0100. The van der Waals surface area contributed by atoms with Crippen molar-refractivity contribution in [2.45, 2.75) is 40.8 Å². The van der Waals surface area contributed by atoms with E-state index in [1.165, 1.54) is 27.5 Å². The molecular formula is C20H26Cl2SiZr-2. The van der Waals surface area contributed by atoms with Crippen molar-refractivity contribution in [2.24, 2.45) is 5.92 Å². The molecule has 0 saturated heterocycles. The Bertz CT molecular complexity index is 643. The van der Waals surface area contributed by atoms with Gasteiger partial charge in [0.2, 0.25) is 0 Å². The van der Waals surface area contributed by atoms with E-state index in [2.05, 4.69) is 89.3 Å². The standard InChI is InChI=1S/C10H9.C8H11.C2H6Si.2ClH.Zr/c1-8-6-9-4-2-3-5-10(9)7-8;1-6-4-7(2)8(3)5-6;1-3-2;;;/h2-7H,1H3;4,6H,1-3H3;1-2H3;2*1H;/q2*-1;;;;+2/p-2. The summed E-state index contributed by atoms with van der Waals surface area (Å²) >= 11 is 1.74. The molecule has 4 heteroatoms. The van der Waals surface area contributed by atoms with Crippen LogP contribution in [0.5, 0.6) is 0 Å². The average Bonchev–Trinajstić information content (AvgIpc) is 2.91. The summed E-state index contributed by atoms with van der Waals surface area (Å²) in [6, 6.07) is 12.8. The number of allylic oxidation sites excluding steroid dienone is 4. The zero-order valence-electron chi connectivity index (χ0n) is 15.4. The van der Waals surface area contributed by atoms with Gasteiger partial charge in [0, 0.05) is 0 Å². The number of hydrogen-bond donors (Lipinski definition) is 0. The third-order valence-corrected chi connectivity index (χ3v) is 3.30. The molecule has 1 aliphatic rings. The van der Waals surface area contributed by atoms with Crippen LogP contribution < -0.4 is 24.8 Å². The molecular weight excluding hydrogens is 430 g/mol. The third-order valence-electron chi connectivity index (χ3n) is 3.30. The maximum Gasteiger partial charge on any atom is -0.0579 e. The van der Waals surface area contributed by atoms with Crippen molar-refractivity contribution < 1.29 is 48.1 Å². The van der Waals surface area contributed by atoms with E-state index in [4.69, 9.17) is 0 Å². The second kappa shape index (κ2) is 13.2. The quantitative estimate of drug-likeness (QED) is 0.387. The third kappa shape index (κ3) is 10.1. The number of benzene rings is 1. The van der Waals surface area contributed by atoms with E-state index in [0.717, 1.165) is 0 Å². The Balaban J connectivity index is 0. The van der Waals surface area contributed by atoms with Gasteiger partial charge in [0.1, 0.15) is 0 Å². The van der Waals surface area contributed by atoms with Gasteiger partial charge in [-0.1, -0.05) is 32.8 Å². The van der Waals surface area contributed by atoms with Crippen molar-refractivity contribution >= 4 is 16.2 Å². The van der Waals surface area contributed by atoms with Crippen molar-refractivity contribution in [3.05, 3.63) is 65.3 Å². The molecule has 0 fully saturated rings. The fraction of sp³-hybridized carbons (Fsp3) is 0.350. The number of hydrogen-bond acceptors (Lipinski definition) is 0. The van der Waals surface area contributed by atoms with Crippen molar-refractivity contribution in [3.63, 3.8) is 0 Å². The summed E-state index contributed by atoms with van der Waals surface area (Å²) in [5.41, 5.74) is 4.26. The number of aryl methyl sites for hydroxylation is 1. The molecule has 3 rings (SSSR count). The molecule has 0 spiro atoms. The van der Waals surface area contributed by atoms with Crippen LogP contribution in [-0.4, -0.2) is 5.43 Å². The van der Waals surface area contributed by atoms with Crippen LogP contribution in [0.4, 0.5) is 0 Å². The second-order valence-corrected chi connectivity index (χ2v) is 15.4. The zero-order chi connectivity index (χ0) is 16.7. The van der Waals surface area contributed by atoms with Crippen molar-refractivity contribution in [1.82, 2.24) is 0 Å².